The zero-order valence-corrected chi connectivity index (χ0v) is 11.2. The molecular formula is C14H22N2O2. The van der Waals surface area contributed by atoms with Crippen LogP contribution in [0.3, 0.4) is 0 Å². The lowest BCUT2D eigenvalue weighted by Crippen LogP contribution is -2.40. The summed E-state index contributed by atoms with van der Waals surface area (Å²) in [7, 11) is 0. The SMILES string of the molecule is CCOc1ccc(N)cc1CN1CCOC(C)C1. The zero-order chi connectivity index (χ0) is 13.0. The van der Waals surface area contributed by atoms with Crippen molar-refractivity contribution in [1.29, 1.82) is 0 Å². The second-order valence-electron chi connectivity index (χ2n) is 4.72. The van der Waals surface area contributed by atoms with Crippen LogP contribution in [-0.2, 0) is 11.3 Å². The Morgan fingerprint density at radius 1 is 1.50 bits per heavy atom. The number of benzene rings is 1. The van der Waals surface area contributed by atoms with Gasteiger partial charge >= 0.3 is 0 Å². The summed E-state index contributed by atoms with van der Waals surface area (Å²) >= 11 is 0. The van der Waals surface area contributed by atoms with Crippen LogP contribution in [0.4, 0.5) is 5.69 Å². The molecule has 1 fully saturated rings. The first kappa shape index (κ1) is 13.2. The fraction of sp³-hybridized carbons (Fsp3) is 0.571. The van der Waals surface area contributed by atoms with Crippen LogP contribution in [0.5, 0.6) is 5.75 Å². The molecule has 4 nitrogen and oxygen atoms in total. The maximum atomic E-state index is 5.86. The summed E-state index contributed by atoms with van der Waals surface area (Å²) in [5.41, 5.74) is 7.80. The second-order valence-corrected chi connectivity index (χ2v) is 4.72. The number of anilines is 1. The summed E-state index contributed by atoms with van der Waals surface area (Å²) in [6.07, 6.45) is 0.301. The van der Waals surface area contributed by atoms with Crippen molar-refractivity contribution in [3.8, 4) is 5.75 Å². The van der Waals surface area contributed by atoms with E-state index in [0.29, 0.717) is 12.7 Å². The van der Waals surface area contributed by atoms with Crippen LogP contribution < -0.4 is 10.5 Å². The van der Waals surface area contributed by atoms with E-state index in [4.69, 9.17) is 15.2 Å². The van der Waals surface area contributed by atoms with Crippen LogP contribution in [-0.4, -0.2) is 37.3 Å². The summed E-state index contributed by atoms with van der Waals surface area (Å²) in [5.74, 6) is 0.936. The molecule has 0 spiro atoms. The summed E-state index contributed by atoms with van der Waals surface area (Å²) in [6, 6.07) is 5.85. The van der Waals surface area contributed by atoms with E-state index >= 15 is 0 Å². The molecule has 0 radical (unpaired) electrons. The molecule has 0 bridgehead atoms. The van der Waals surface area contributed by atoms with Crippen LogP contribution >= 0.6 is 0 Å². The number of rotatable bonds is 4. The first-order valence-electron chi connectivity index (χ1n) is 6.54. The Labute approximate surface area is 109 Å². The van der Waals surface area contributed by atoms with Crippen molar-refractivity contribution < 1.29 is 9.47 Å². The lowest BCUT2D eigenvalue weighted by molar-refractivity contribution is -0.0214. The summed E-state index contributed by atoms with van der Waals surface area (Å²) in [5, 5.41) is 0. The minimum atomic E-state index is 0.301. The first-order valence-corrected chi connectivity index (χ1v) is 6.54. The van der Waals surface area contributed by atoms with Gasteiger partial charge in [0.15, 0.2) is 0 Å². The van der Waals surface area contributed by atoms with Gasteiger partial charge in [0.25, 0.3) is 0 Å². The van der Waals surface area contributed by atoms with Crippen molar-refractivity contribution in [2.75, 3.05) is 32.0 Å². The van der Waals surface area contributed by atoms with Crippen LogP contribution in [0.1, 0.15) is 19.4 Å². The number of ether oxygens (including phenoxy) is 2. The van der Waals surface area contributed by atoms with Crippen molar-refractivity contribution >= 4 is 5.69 Å². The fourth-order valence-corrected chi connectivity index (χ4v) is 2.29. The summed E-state index contributed by atoms with van der Waals surface area (Å²) in [4.78, 5) is 2.38. The number of nitrogens with zero attached hydrogens (tertiary/aromatic N) is 1. The molecule has 2 N–H and O–H groups in total. The van der Waals surface area contributed by atoms with Crippen LogP contribution in [0.2, 0.25) is 0 Å². The van der Waals surface area contributed by atoms with Crippen molar-refractivity contribution in [2.24, 2.45) is 0 Å². The molecule has 1 aromatic rings. The highest BCUT2D eigenvalue weighted by molar-refractivity contribution is 5.47. The van der Waals surface area contributed by atoms with Gasteiger partial charge in [-0.25, -0.2) is 0 Å². The highest BCUT2D eigenvalue weighted by Crippen LogP contribution is 2.23. The molecule has 0 amide bonds. The molecule has 1 aliphatic heterocycles. The number of nitrogen functional groups attached to an aromatic ring is 1. The molecule has 4 heteroatoms. The zero-order valence-electron chi connectivity index (χ0n) is 11.2. The van der Waals surface area contributed by atoms with E-state index in [1.165, 1.54) is 0 Å². The largest absolute Gasteiger partial charge is 0.494 e. The lowest BCUT2D eigenvalue weighted by atomic mass is 10.1. The molecule has 1 unspecified atom stereocenters. The Kier molecular flexibility index (Phi) is 4.44. The minimum Gasteiger partial charge on any atom is -0.494 e. The molecule has 1 aliphatic rings. The van der Waals surface area contributed by atoms with Gasteiger partial charge in [0.1, 0.15) is 5.75 Å². The maximum absolute atomic E-state index is 5.86. The van der Waals surface area contributed by atoms with Crippen LogP contribution in [0, 0.1) is 0 Å². The van der Waals surface area contributed by atoms with Crippen LogP contribution in [0.25, 0.3) is 0 Å². The molecule has 1 heterocycles. The smallest absolute Gasteiger partial charge is 0.123 e. The van der Waals surface area contributed by atoms with Gasteiger partial charge in [0.05, 0.1) is 19.3 Å². The van der Waals surface area contributed by atoms with Gasteiger partial charge in [0.2, 0.25) is 0 Å². The average molecular weight is 250 g/mol. The Hall–Kier alpha value is -1.26. The standard InChI is InChI=1S/C14H22N2O2/c1-3-17-14-5-4-13(15)8-12(14)10-16-6-7-18-11(2)9-16/h4-5,8,11H,3,6-7,9-10,15H2,1-2H3. The van der Waals surface area contributed by atoms with E-state index in [9.17, 15) is 0 Å². The molecule has 1 aromatic carbocycles. The van der Waals surface area contributed by atoms with E-state index in [-0.39, 0.29) is 0 Å². The van der Waals surface area contributed by atoms with Gasteiger partial charge in [-0.3, -0.25) is 4.90 Å². The molecule has 0 saturated carbocycles. The number of nitrogens with two attached hydrogens (primary N) is 1. The highest BCUT2D eigenvalue weighted by Gasteiger charge is 2.18. The lowest BCUT2D eigenvalue weighted by Gasteiger charge is -2.31. The third kappa shape index (κ3) is 3.37. The predicted octanol–water partition coefficient (Wildman–Crippen LogP) is 1.89. The van der Waals surface area contributed by atoms with E-state index in [1.807, 2.05) is 25.1 Å². The molecular weight excluding hydrogens is 228 g/mol. The van der Waals surface area contributed by atoms with Gasteiger partial charge in [-0.1, -0.05) is 0 Å². The van der Waals surface area contributed by atoms with Gasteiger partial charge in [0, 0.05) is 30.9 Å². The van der Waals surface area contributed by atoms with Crippen molar-refractivity contribution in [3.05, 3.63) is 23.8 Å². The second kappa shape index (κ2) is 6.07. The third-order valence-electron chi connectivity index (χ3n) is 3.10. The molecule has 18 heavy (non-hydrogen) atoms. The molecule has 100 valence electrons. The third-order valence-corrected chi connectivity index (χ3v) is 3.10. The van der Waals surface area contributed by atoms with E-state index in [2.05, 4.69) is 11.8 Å². The predicted molar refractivity (Wildman–Crippen MR) is 72.7 cm³/mol. The van der Waals surface area contributed by atoms with Gasteiger partial charge in [-0.2, -0.15) is 0 Å². The Morgan fingerprint density at radius 2 is 2.33 bits per heavy atom. The quantitative estimate of drug-likeness (QED) is 0.829. The maximum Gasteiger partial charge on any atom is 0.123 e. The highest BCUT2D eigenvalue weighted by atomic mass is 16.5. The fourth-order valence-electron chi connectivity index (χ4n) is 2.29. The Bertz CT molecular complexity index is 395. The molecule has 1 saturated heterocycles. The Balaban J connectivity index is 2.08. The van der Waals surface area contributed by atoms with Gasteiger partial charge in [-0.15, -0.1) is 0 Å². The normalized spacial score (nSPS) is 20.9. The molecule has 0 aliphatic carbocycles. The number of hydrogen-bond acceptors (Lipinski definition) is 4. The van der Waals surface area contributed by atoms with Gasteiger partial charge in [-0.05, 0) is 32.0 Å². The minimum absolute atomic E-state index is 0.301. The number of hydrogen-bond donors (Lipinski definition) is 1. The van der Waals surface area contributed by atoms with Gasteiger partial charge < -0.3 is 15.2 Å². The molecule has 1 atom stereocenters. The van der Waals surface area contributed by atoms with Crippen molar-refractivity contribution in [1.82, 2.24) is 4.90 Å². The monoisotopic (exact) mass is 250 g/mol. The first-order chi connectivity index (χ1) is 8.69. The van der Waals surface area contributed by atoms with Crippen molar-refractivity contribution in [2.45, 2.75) is 26.5 Å². The topological polar surface area (TPSA) is 47.7 Å². The van der Waals surface area contributed by atoms with Crippen molar-refractivity contribution in [3.63, 3.8) is 0 Å². The summed E-state index contributed by atoms with van der Waals surface area (Å²) < 4.78 is 11.2. The summed E-state index contributed by atoms with van der Waals surface area (Å²) in [6.45, 7) is 8.37. The molecule has 2 rings (SSSR count). The number of morpholine rings is 1. The Morgan fingerprint density at radius 3 is 3.06 bits per heavy atom. The van der Waals surface area contributed by atoms with E-state index < -0.39 is 0 Å². The van der Waals surface area contributed by atoms with E-state index in [1.54, 1.807) is 0 Å². The van der Waals surface area contributed by atoms with E-state index in [0.717, 1.165) is 43.2 Å². The molecule has 0 aromatic heterocycles. The average Bonchev–Trinajstić information content (AvgIpc) is 2.33. The van der Waals surface area contributed by atoms with Crippen LogP contribution in [0.15, 0.2) is 18.2 Å².